The van der Waals surface area contributed by atoms with Gasteiger partial charge in [-0.15, -0.1) is 11.8 Å². The third kappa shape index (κ3) is 2.88. The van der Waals surface area contributed by atoms with E-state index in [1.165, 1.54) is 5.56 Å². The maximum Gasteiger partial charge on any atom is 0.162 e. The number of thioether (sulfide) groups is 1. The molecule has 5 heteroatoms. The fraction of sp³-hybridized carbons (Fsp3) is 0.200. The van der Waals surface area contributed by atoms with Crippen LogP contribution in [-0.4, -0.2) is 13.2 Å². The van der Waals surface area contributed by atoms with Crippen LogP contribution in [0.25, 0.3) is 0 Å². The summed E-state index contributed by atoms with van der Waals surface area (Å²) in [6, 6.07) is 11.9. The van der Waals surface area contributed by atoms with Crippen LogP contribution in [0.3, 0.4) is 0 Å². The smallest absolute Gasteiger partial charge is 0.162 e. The summed E-state index contributed by atoms with van der Waals surface area (Å²) < 4.78 is 12.2. The highest BCUT2D eigenvalue weighted by atomic mass is 79.9. The van der Waals surface area contributed by atoms with Gasteiger partial charge in [-0.2, -0.15) is 0 Å². The zero-order valence-corrected chi connectivity index (χ0v) is 13.2. The van der Waals surface area contributed by atoms with Crippen molar-refractivity contribution in [3.05, 3.63) is 46.4 Å². The van der Waals surface area contributed by atoms with Gasteiger partial charge in [-0.05, 0) is 29.8 Å². The highest BCUT2D eigenvalue weighted by Crippen LogP contribution is 2.38. The number of nitrogens with two attached hydrogens (primary N) is 1. The average molecular weight is 352 g/mol. The molecule has 0 radical (unpaired) electrons. The molecule has 3 rings (SSSR count). The second-order valence-electron chi connectivity index (χ2n) is 4.41. The molecule has 0 saturated carbocycles. The summed E-state index contributed by atoms with van der Waals surface area (Å²) in [7, 11) is 0. The van der Waals surface area contributed by atoms with E-state index in [0.717, 1.165) is 32.3 Å². The van der Waals surface area contributed by atoms with E-state index in [9.17, 15) is 0 Å². The van der Waals surface area contributed by atoms with Gasteiger partial charge in [-0.3, -0.25) is 0 Å². The number of fused-ring (bicyclic) bond motifs is 1. The fourth-order valence-corrected chi connectivity index (χ4v) is 3.59. The monoisotopic (exact) mass is 351 g/mol. The minimum absolute atomic E-state index is 0.604. The van der Waals surface area contributed by atoms with Crippen molar-refractivity contribution in [2.45, 2.75) is 10.6 Å². The normalized spacial score (nSPS) is 13.2. The standard InChI is InChI=1S/C15H14BrNO2S/c16-11-8-14-13(18-5-6-19-14)7-10(11)9-20-15-4-2-1-3-12(15)17/h1-4,7-8H,5-6,9,17H2. The van der Waals surface area contributed by atoms with Crippen LogP contribution in [0.2, 0.25) is 0 Å². The number of hydrogen-bond donors (Lipinski definition) is 1. The van der Waals surface area contributed by atoms with Crippen LogP contribution < -0.4 is 15.2 Å². The molecule has 0 spiro atoms. The van der Waals surface area contributed by atoms with Crippen molar-refractivity contribution in [2.75, 3.05) is 18.9 Å². The summed E-state index contributed by atoms with van der Waals surface area (Å²) in [6.45, 7) is 1.21. The largest absolute Gasteiger partial charge is 0.486 e. The van der Waals surface area contributed by atoms with Crippen LogP contribution in [0.15, 0.2) is 45.8 Å². The summed E-state index contributed by atoms with van der Waals surface area (Å²) in [5.41, 5.74) is 7.94. The number of rotatable bonds is 3. The topological polar surface area (TPSA) is 44.5 Å². The van der Waals surface area contributed by atoms with Crippen molar-refractivity contribution in [3.63, 3.8) is 0 Å². The molecule has 0 amide bonds. The summed E-state index contributed by atoms with van der Waals surface area (Å²) in [4.78, 5) is 1.09. The molecule has 0 unspecified atom stereocenters. The van der Waals surface area contributed by atoms with Gasteiger partial charge in [-0.25, -0.2) is 0 Å². The van der Waals surface area contributed by atoms with E-state index in [0.29, 0.717) is 13.2 Å². The van der Waals surface area contributed by atoms with Crippen molar-refractivity contribution in [2.24, 2.45) is 0 Å². The molecule has 1 aliphatic heterocycles. The molecule has 0 saturated heterocycles. The molecule has 2 aromatic rings. The lowest BCUT2D eigenvalue weighted by atomic mass is 10.2. The first kappa shape index (κ1) is 13.6. The Bertz CT molecular complexity index is 633. The predicted molar refractivity (Wildman–Crippen MR) is 85.5 cm³/mol. The van der Waals surface area contributed by atoms with Gasteiger partial charge in [0, 0.05) is 20.8 Å². The molecule has 104 valence electrons. The zero-order valence-electron chi connectivity index (χ0n) is 10.8. The number of halogens is 1. The van der Waals surface area contributed by atoms with Crippen LogP contribution in [0.5, 0.6) is 11.5 Å². The third-order valence-electron chi connectivity index (χ3n) is 3.01. The molecule has 0 aliphatic carbocycles. The lowest BCUT2D eigenvalue weighted by molar-refractivity contribution is 0.171. The SMILES string of the molecule is Nc1ccccc1SCc1cc2c(cc1Br)OCCO2. The third-order valence-corrected chi connectivity index (χ3v) is 4.89. The van der Waals surface area contributed by atoms with Crippen LogP contribution in [0.4, 0.5) is 5.69 Å². The van der Waals surface area contributed by atoms with Gasteiger partial charge in [0.15, 0.2) is 11.5 Å². The van der Waals surface area contributed by atoms with E-state index in [1.54, 1.807) is 11.8 Å². The fourth-order valence-electron chi connectivity index (χ4n) is 1.98. The van der Waals surface area contributed by atoms with Crippen LogP contribution in [0.1, 0.15) is 5.56 Å². The maximum absolute atomic E-state index is 5.96. The van der Waals surface area contributed by atoms with Crippen molar-refractivity contribution < 1.29 is 9.47 Å². The van der Waals surface area contributed by atoms with Gasteiger partial charge in [0.1, 0.15) is 13.2 Å². The van der Waals surface area contributed by atoms with Crippen molar-refractivity contribution >= 4 is 33.4 Å². The van der Waals surface area contributed by atoms with Crippen molar-refractivity contribution in [1.82, 2.24) is 0 Å². The van der Waals surface area contributed by atoms with Gasteiger partial charge in [-0.1, -0.05) is 28.1 Å². The highest BCUT2D eigenvalue weighted by molar-refractivity contribution is 9.10. The van der Waals surface area contributed by atoms with E-state index in [-0.39, 0.29) is 0 Å². The lowest BCUT2D eigenvalue weighted by Crippen LogP contribution is -2.15. The molecule has 20 heavy (non-hydrogen) atoms. The van der Waals surface area contributed by atoms with Gasteiger partial charge in [0.25, 0.3) is 0 Å². The summed E-state index contributed by atoms with van der Waals surface area (Å²) in [5.74, 6) is 2.44. The Balaban J connectivity index is 1.79. The molecular formula is C15H14BrNO2S. The van der Waals surface area contributed by atoms with E-state index in [1.807, 2.05) is 36.4 Å². The molecule has 1 heterocycles. The Morgan fingerprint density at radius 2 is 1.80 bits per heavy atom. The van der Waals surface area contributed by atoms with Crippen molar-refractivity contribution in [1.29, 1.82) is 0 Å². The Kier molecular flexibility index (Phi) is 4.08. The quantitative estimate of drug-likeness (QED) is 0.667. The Morgan fingerprint density at radius 1 is 1.10 bits per heavy atom. The molecule has 2 N–H and O–H groups in total. The molecule has 0 fully saturated rings. The minimum Gasteiger partial charge on any atom is -0.486 e. The number of nitrogen functional groups attached to an aromatic ring is 1. The zero-order chi connectivity index (χ0) is 13.9. The predicted octanol–water partition coefficient (Wildman–Crippen LogP) is 4.09. The first-order valence-corrected chi connectivity index (χ1v) is 8.07. The molecule has 3 nitrogen and oxygen atoms in total. The maximum atomic E-state index is 5.96. The number of anilines is 1. The number of para-hydroxylation sites is 1. The molecule has 0 aromatic heterocycles. The Hall–Kier alpha value is -1.33. The number of hydrogen-bond acceptors (Lipinski definition) is 4. The Morgan fingerprint density at radius 3 is 2.55 bits per heavy atom. The van der Waals surface area contributed by atoms with Gasteiger partial charge < -0.3 is 15.2 Å². The first-order chi connectivity index (χ1) is 9.74. The summed E-state index contributed by atoms with van der Waals surface area (Å²) in [6.07, 6.45) is 0. The molecule has 0 bridgehead atoms. The first-order valence-electron chi connectivity index (χ1n) is 6.29. The van der Waals surface area contributed by atoms with Crippen LogP contribution in [-0.2, 0) is 5.75 Å². The number of ether oxygens (including phenoxy) is 2. The second kappa shape index (κ2) is 5.97. The highest BCUT2D eigenvalue weighted by Gasteiger charge is 2.15. The molecule has 1 aliphatic rings. The molecular weight excluding hydrogens is 338 g/mol. The Labute approximate surface area is 130 Å². The molecule has 0 atom stereocenters. The van der Waals surface area contributed by atoms with Gasteiger partial charge in [0.05, 0.1) is 0 Å². The lowest BCUT2D eigenvalue weighted by Gasteiger charge is -2.20. The number of benzene rings is 2. The summed E-state index contributed by atoms with van der Waals surface area (Å²) >= 11 is 5.30. The second-order valence-corrected chi connectivity index (χ2v) is 6.29. The van der Waals surface area contributed by atoms with E-state index in [4.69, 9.17) is 15.2 Å². The summed E-state index contributed by atoms with van der Waals surface area (Å²) in [5, 5.41) is 0. The van der Waals surface area contributed by atoms with Crippen molar-refractivity contribution in [3.8, 4) is 11.5 Å². The molecule has 2 aromatic carbocycles. The average Bonchev–Trinajstić information content (AvgIpc) is 2.46. The van der Waals surface area contributed by atoms with Crippen LogP contribution >= 0.6 is 27.7 Å². The van der Waals surface area contributed by atoms with E-state index < -0.39 is 0 Å². The van der Waals surface area contributed by atoms with Crippen LogP contribution in [0, 0.1) is 0 Å². The van der Waals surface area contributed by atoms with Gasteiger partial charge >= 0.3 is 0 Å². The minimum atomic E-state index is 0.604. The van der Waals surface area contributed by atoms with E-state index >= 15 is 0 Å². The van der Waals surface area contributed by atoms with Gasteiger partial charge in [0.2, 0.25) is 0 Å². The van der Waals surface area contributed by atoms with E-state index in [2.05, 4.69) is 15.9 Å².